The average Bonchev–Trinajstić information content (AvgIpc) is 2.73. The maximum absolute atomic E-state index is 11.5. The third kappa shape index (κ3) is 2.53. The van der Waals surface area contributed by atoms with E-state index in [-0.39, 0.29) is 0 Å². The van der Waals surface area contributed by atoms with Crippen LogP contribution >= 0.6 is 38.9 Å². The van der Waals surface area contributed by atoms with Crippen LogP contribution in [0.1, 0.15) is 9.67 Å². The molecule has 2 aromatic rings. The zero-order valence-electron chi connectivity index (χ0n) is 9.37. The van der Waals surface area contributed by atoms with Crippen molar-refractivity contribution in [2.24, 2.45) is 0 Å². The number of rotatable bonds is 2. The highest BCUT2D eigenvalue weighted by molar-refractivity contribution is 9.10. The Morgan fingerprint density at radius 2 is 2.17 bits per heavy atom. The van der Waals surface area contributed by atoms with Crippen molar-refractivity contribution in [3.63, 3.8) is 0 Å². The van der Waals surface area contributed by atoms with Crippen molar-refractivity contribution in [1.82, 2.24) is 0 Å². The van der Waals surface area contributed by atoms with E-state index in [4.69, 9.17) is 17.3 Å². The van der Waals surface area contributed by atoms with E-state index in [1.807, 2.05) is 12.1 Å². The number of benzene rings is 1. The summed E-state index contributed by atoms with van der Waals surface area (Å²) >= 11 is 10.8. The largest absolute Gasteiger partial charge is 0.465 e. The fraction of sp³-hybridized carbons (Fsp3) is 0.0833. The molecule has 1 heterocycles. The van der Waals surface area contributed by atoms with Gasteiger partial charge in [0.2, 0.25) is 0 Å². The Morgan fingerprint density at radius 3 is 2.83 bits per heavy atom. The van der Waals surface area contributed by atoms with Gasteiger partial charge in [-0.3, -0.25) is 0 Å². The molecule has 18 heavy (non-hydrogen) atoms. The SMILES string of the molecule is COC(=O)c1sc(-c2cc(Br)ccc2Cl)cc1N. The molecule has 0 amide bonds. The molecule has 94 valence electrons. The van der Waals surface area contributed by atoms with Crippen molar-refractivity contribution in [2.45, 2.75) is 0 Å². The second-order valence-electron chi connectivity index (χ2n) is 3.51. The van der Waals surface area contributed by atoms with E-state index < -0.39 is 5.97 Å². The number of nitrogens with two attached hydrogens (primary N) is 1. The lowest BCUT2D eigenvalue weighted by Gasteiger charge is -2.01. The maximum atomic E-state index is 11.5. The van der Waals surface area contributed by atoms with Crippen LogP contribution in [0.2, 0.25) is 5.02 Å². The van der Waals surface area contributed by atoms with Crippen LogP contribution < -0.4 is 5.73 Å². The first-order valence-electron chi connectivity index (χ1n) is 4.96. The Bertz CT molecular complexity index is 612. The molecule has 0 saturated heterocycles. The van der Waals surface area contributed by atoms with E-state index in [2.05, 4.69) is 20.7 Å². The number of anilines is 1. The van der Waals surface area contributed by atoms with Gasteiger partial charge in [-0.1, -0.05) is 27.5 Å². The first-order chi connectivity index (χ1) is 8.52. The van der Waals surface area contributed by atoms with Gasteiger partial charge < -0.3 is 10.5 Å². The molecule has 0 radical (unpaired) electrons. The minimum Gasteiger partial charge on any atom is -0.465 e. The molecule has 1 aromatic carbocycles. The van der Waals surface area contributed by atoms with Crippen LogP contribution in [0.3, 0.4) is 0 Å². The molecule has 0 unspecified atom stereocenters. The zero-order valence-corrected chi connectivity index (χ0v) is 12.5. The Balaban J connectivity index is 2.52. The zero-order chi connectivity index (χ0) is 13.3. The molecule has 0 aliphatic carbocycles. The van der Waals surface area contributed by atoms with Gasteiger partial charge in [0.15, 0.2) is 0 Å². The average molecular weight is 347 g/mol. The summed E-state index contributed by atoms with van der Waals surface area (Å²) in [6.07, 6.45) is 0. The summed E-state index contributed by atoms with van der Waals surface area (Å²) in [4.78, 5) is 12.7. The second kappa shape index (κ2) is 5.30. The summed E-state index contributed by atoms with van der Waals surface area (Å²) in [5, 5.41) is 0.607. The van der Waals surface area contributed by atoms with Crippen molar-refractivity contribution in [3.05, 3.63) is 38.6 Å². The number of halogens is 2. The van der Waals surface area contributed by atoms with Crippen molar-refractivity contribution in [1.29, 1.82) is 0 Å². The highest BCUT2D eigenvalue weighted by Crippen LogP contribution is 2.38. The van der Waals surface area contributed by atoms with Crippen LogP contribution in [0.15, 0.2) is 28.7 Å². The highest BCUT2D eigenvalue weighted by atomic mass is 79.9. The molecule has 1 aromatic heterocycles. The van der Waals surface area contributed by atoms with Crippen LogP contribution in [0.4, 0.5) is 5.69 Å². The van der Waals surface area contributed by atoms with Crippen molar-refractivity contribution in [3.8, 4) is 10.4 Å². The second-order valence-corrected chi connectivity index (χ2v) is 5.89. The monoisotopic (exact) mass is 345 g/mol. The van der Waals surface area contributed by atoms with Crippen LogP contribution in [-0.4, -0.2) is 13.1 Å². The lowest BCUT2D eigenvalue weighted by Crippen LogP contribution is -2.00. The van der Waals surface area contributed by atoms with Gasteiger partial charge in [0.25, 0.3) is 0 Å². The van der Waals surface area contributed by atoms with Crippen LogP contribution in [0.25, 0.3) is 10.4 Å². The van der Waals surface area contributed by atoms with Crippen molar-refractivity contribution in [2.75, 3.05) is 12.8 Å². The minimum absolute atomic E-state index is 0.392. The Kier molecular flexibility index (Phi) is 3.94. The van der Waals surface area contributed by atoms with Crippen LogP contribution in [0.5, 0.6) is 0 Å². The van der Waals surface area contributed by atoms with Crippen molar-refractivity contribution >= 4 is 50.5 Å². The molecule has 2 rings (SSSR count). The van der Waals surface area contributed by atoms with Gasteiger partial charge in [-0.05, 0) is 24.3 Å². The van der Waals surface area contributed by atoms with E-state index in [9.17, 15) is 4.79 Å². The lowest BCUT2D eigenvalue weighted by atomic mass is 10.2. The van der Waals surface area contributed by atoms with Gasteiger partial charge in [0, 0.05) is 19.9 Å². The number of esters is 1. The van der Waals surface area contributed by atoms with Gasteiger partial charge in [0.05, 0.1) is 12.8 Å². The molecule has 0 fully saturated rings. The van der Waals surface area contributed by atoms with Gasteiger partial charge in [-0.2, -0.15) is 0 Å². The first-order valence-corrected chi connectivity index (χ1v) is 6.94. The topological polar surface area (TPSA) is 52.3 Å². The van der Waals surface area contributed by atoms with Crippen LogP contribution in [0, 0.1) is 0 Å². The molecule has 0 saturated carbocycles. The first kappa shape index (κ1) is 13.4. The molecule has 2 N–H and O–H groups in total. The summed E-state index contributed by atoms with van der Waals surface area (Å²) in [6.45, 7) is 0. The van der Waals surface area contributed by atoms with Gasteiger partial charge in [-0.15, -0.1) is 11.3 Å². The van der Waals surface area contributed by atoms with E-state index >= 15 is 0 Å². The number of thiophene rings is 1. The predicted octanol–water partition coefficient (Wildman–Crippen LogP) is 4.20. The number of hydrogen-bond acceptors (Lipinski definition) is 4. The molecule has 3 nitrogen and oxygen atoms in total. The molecule has 0 aliphatic rings. The number of hydrogen-bond donors (Lipinski definition) is 1. The Morgan fingerprint density at radius 1 is 1.44 bits per heavy atom. The summed E-state index contributed by atoms with van der Waals surface area (Å²) in [6, 6.07) is 7.25. The molecule has 0 bridgehead atoms. The van der Waals surface area contributed by atoms with Crippen molar-refractivity contribution < 1.29 is 9.53 Å². The summed E-state index contributed by atoms with van der Waals surface area (Å²) in [7, 11) is 1.33. The smallest absolute Gasteiger partial charge is 0.350 e. The molecular weight excluding hydrogens is 338 g/mol. The van der Waals surface area contributed by atoms with E-state index in [1.165, 1.54) is 18.4 Å². The fourth-order valence-electron chi connectivity index (χ4n) is 1.48. The summed E-state index contributed by atoms with van der Waals surface area (Å²) in [5.74, 6) is -0.435. The third-order valence-corrected chi connectivity index (χ3v) is 4.31. The predicted molar refractivity (Wildman–Crippen MR) is 78.2 cm³/mol. The third-order valence-electron chi connectivity index (χ3n) is 2.33. The Hall–Kier alpha value is -1.04. The highest BCUT2D eigenvalue weighted by Gasteiger charge is 2.17. The quantitative estimate of drug-likeness (QED) is 0.829. The number of methoxy groups -OCH3 is 1. The number of carbonyl (C=O) groups is 1. The normalized spacial score (nSPS) is 10.4. The van der Waals surface area contributed by atoms with Gasteiger partial charge >= 0.3 is 5.97 Å². The summed E-state index contributed by atoms with van der Waals surface area (Å²) < 4.78 is 5.58. The summed E-state index contributed by atoms with van der Waals surface area (Å²) in [5.41, 5.74) is 7.03. The lowest BCUT2D eigenvalue weighted by molar-refractivity contribution is 0.0607. The molecule has 0 atom stereocenters. The van der Waals surface area contributed by atoms with Gasteiger partial charge in [-0.25, -0.2) is 4.79 Å². The number of carbonyl (C=O) groups excluding carboxylic acids is 1. The number of nitrogen functional groups attached to an aromatic ring is 1. The van der Waals surface area contributed by atoms with Gasteiger partial charge in [0.1, 0.15) is 4.88 Å². The van der Waals surface area contributed by atoms with Crippen LogP contribution in [-0.2, 0) is 4.74 Å². The molecule has 0 aliphatic heterocycles. The minimum atomic E-state index is -0.435. The molecular formula is C12H9BrClNO2S. The molecule has 6 heteroatoms. The van der Waals surface area contributed by atoms with E-state index in [1.54, 1.807) is 12.1 Å². The fourth-order valence-corrected chi connectivity index (χ4v) is 3.14. The maximum Gasteiger partial charge on any atom is 0.350 e. The molecule has 0 spiro atoms. The standard InChI is InChI=1S/C12H9BrClNO2S/c1-17-12(16)11-9(15)5-10(18-11)7-4-6(13)2-3-8(7)14/h2-5H,15H2,1H3. The number of ether oxygens (including phenoxy) is 1. The van der Waals surface area contributed by atoms with E-state index in [0.29, 0.717) is 15.6 Å². The Labute approximate surface area is 122 Å². The van der Waals surface area contributed by atoms with E-state index in [0.717, 1.165) is 14.9 Å².